The normalized spacial score (nSPS) is 25.5. The molecule has 2 saturated heterocycles. The molecule has 2 fully saturated rings. The first-order valence-electron chi connectivity index (χ1n) is 12.0. The molecule has 9 nitrogen and oxygen atoms in total. The maximum absolute atomic E-state index is 12.9. The zero-order chi connectivity index (χ0) is 24.6. The SMILES string of the molecule is CC(C)(C)c1cc(C#N)ccc1OCC(=O)N1CC2CN(N(O)[C@@H]3CCC(N)=C(N)C3)CC2C1. The van der Waals surface area contributed by atoms with Crippen LogP contribution in [0.5, 0.6) is 5.75 Å². The highest BCUT2D eigenvalue weighted by Gasteiger charge is 2.44. The Hall–Kier alpha value is -2.80. The molecular formula is C25H36N6O3. The molecule has 4 rings (SSSR count). The molecular weight excluding hydrogens is 432 g/mol. The first-order chi connectivity index (χ1) is 16.1. The third-order valence-electron chi connectivity index (χ3n) is 7.32. The molecule has 0 spiro atoms. The molecule has 0 bridgehead atoms. The van der Waals surface area contributed by atoms with Crippen LogP contribution in [0.2, 0.25) is 0 Å². The number of hydrogen-bond donors (Lipinski definition) is 3. The maximum Gasteiger partial charge on any atom is 0.260 e. The van der Waals surface area contributed by atoms with Crippen LogP contribution in [0.15, 0.2) is 29.6 Å². The molecule has 9 heteroatoms. The fourth-order valence-corrected chi connectivity index (χ4v) is 5.28. The smallest absolute Gasteiger partial charge is 0.260 e. The predicted molar refractivity (Wildman–Crippen MR) is 127 cm³/mol. The van der Waals surface area contributed by atoms with Crippen molar-refractivity contribution in [3.8, 4) is 11.8 Å². The Kier molecular flexibility index (Phi) is 6.76. The van der Waals surface area contributed by atoms with E-state index in [1.165, 1.54) is 5.17 Å². The Morgan fingerprint density at radius 1 is 1.21 bits per heavy atom. The molecule has 1 amide bonds. The minimum Gasteiger partial charge on any atom is -0.483 e. The Balaban J connectivity index is 1.30. The number of hydroxylamine groups is 1. The van der Waals surface area contributed by atoms with Crippen LogP contribution in [0, 0.1) is 23.2 Å². The number of rotatable bonds is 5. The van der Waals surface area contributed by atoms with E-state index in [0.29, 0.717) is 67.9 Å². The van der Waals surface area contributed by atoms with E-state index in [-0.39, 0.29) is 24.0 Å². The quantitative estimate of drug-likeness (QED) is 0.559. The number of hydrazine groups is 1. The first-order valence-corrected chi connectivity index (χ1v) is 12.0. The Morgan fingerprint density at radius 3 is 2.47 bits per heavy atom. The van der Waals surface area contributed by atoms with Crippen molar-refractivity contribution < 1.29 is 14.7 Å². The van der Waals surface area contributed by atoms with Gasteiger partial charge in [0.05, 0.1) is 17.7 Å². The van der Waals surface area contributed by atoms with Gasteiger partial charge < -0.3 is 21.1 Å². The number of nitrogens with two attached hydrogens (primary N) is 2. The van der Waals surface area contributed by atoms with Gasteiger partial charge in [-0.2, -0.15) is 5.26 Å². The number of amides is 1. The van der Waals surface area contributed by atoms with Crippen molar-refractivity contribution in [3.63, 3.8) is 0 Å². The monoisotopic (exact) mass is 468 g/mol. The van der Waals surface area contributed by atoms with Gasteiger partial charge in [-0.05, 0) is 48.3 Å². The van der Waals surface area contributed by atoms with Gasteiger partial charge in [0.2, 0.25) is 0 Å². The van der Waals surface area contributed by atoms with Gasteiger partial charge in [0.1, 0.15) is 5.75 Å². The van der Waals surface area contributed by atoms with Gasteiger partial charge in [0.15, 0.2) is 6.61 Å². The van der Waals surface area contributed by atoms with E-state index in [0.717, 1.165) is 17.7 Å². The molecule has 184 valence electrons. The molecule has 34 heavy (non-hydrogen) atoms. The van der Waals surface area contributed by atoms with Crippen molar-refractivity contribution in [1.82, 2.24) is 15.1 Å². The average molecular weight is 469 g/mol. The van der Waals surface area contributed by atoms with Crippen LogP contribution >= 0.6 is 0 Å². The van der Waals surface area contributed by atoms with Crippen LogP contribution in [-0.2, 0) is 10.2 Å². The van der Waals surface area contributed by atoms with Crippen molar-refractivity contribution in [2.75, 3.05) is 32.8 Å². The van der Waals surface area contributed by atoms with Gasteiger partial charge in [-0.3, -0.25) is 10.0 Å². The number of nitriles is 1. The molecule has 2 heterocycles. The van der Waals surface area contributed by atoms with Crippen LogP contribution < -0.4 is 16.2 Å². The molecule has 3 aliphatic rings. The Labute approximate surface area is 201 Å². The van der Waals surface area contributed by atoms with Gasteiger partial charge in [-0.1, -0.05) is 20.8 Å². The summed E-state index contributed by atoms with van der Waals surface area (Å²) in [6, 6.07) is 7.44. The first kappa shape index (κ1) is 24.3. The summed E-state index contributed by atoms with van der Waals surface area (Å²) in [5, 5.41) is 23.3. The second-order valence-electron chi connectivity index (χ2n) is 10.8. The van der Waals surface area contributed by atoms with E-state index < -0.39 is 0 Å². The third kappa shape index (κ3) is 4.99. The van der Waals surface area contributed by atoms with Crippen molar-refractivity contribution in [3.05, 3.63) is 40.7 Å². The predicted octanol–water partition coefficient (Wildman–Crippen LogP) is 1.91. The van der Waals surface area contributed by atoms with E-state index in [2.05, 4.69) is 26.8 Å². The number of ether oxygens (including phenoxy) is 1. The van der Waals surface area contributed by atoms with Crippen LogP contribution in [0.4, 0.5) is 0 Å². The van der Waals surface area contributed by atoms with Crippen molar-refractivity contribution in [1.29, 1.82) is 5.26 Å². The highest BCUT2D eigenvalue weighted by atomic mass is 16.6. The standard InChI is InChI=1S/C25H36N6O3/c1-25(2,3)20-8-16(10-26)4-7-23(20)34-15-24(32)29-11-17-13-30(14-18(17)12-29)31(33)19-5-6-21(27)22(28)9-19/h4,7-8,17-19,33H,5-6,9,11-15,27-28H2,1-3H3/t17?,18?,19-/m1/s1. The van der Waals surface area contributed by atoms with E-state index >= 15 is 0 Å². The second kappa shape index (κ2) is 9.45. The van der Waals surface area contributed by atoms with Crippen molar-refractivity contribution >= 4 is 5.91 Å². The molecule has 2 aliphatic heterocycles. The van der Waals surface area contributed by atoms with E-state index in [1.54, 1.807) is 12.1 Å². The summed E-state index contributed by atoms with van der Waals surface area (Å²) in [5.41, 5.74) is 14.6. The molecule has 1 aromatic rings. The lowest BCUT2D eigenvalue weighted by Crippen LogP contribution is -2.48. The Morgan fingerprint density at radius 2 is 1.88 bits per heavy atom. The lowest BCUT2D eigenvalue weighted by molar-refractivity contribution is -0.268. The summed E-state index contributed by atoms with van der Waals surface area (Å²) in [6.07, 6.45) is 2.05. The second-order valence-corrected chi connectivity index (χ2v) is 10.8. The summed E-state index contributed by atoms with van der Waals surface area (Å²) in [5.74, 6) is 1.25. The molecule has 3 atom stereocenters. The highest BCUT2D eigenvalue weighted by Crippen LogP contribution is 2.35. The molecule has 1 aromatic carbocycles. The van der Waals surface area contributed by atoms with Crippen LogP contribution in [0.3, 0.4) is 0 Å². The lowest BCUT2D eigenvalue weighted by atomic mass is 9.85. The number of carbonyl (C=O) groups excluding carboxylic acids is 1. The van der Waals surface area contributed by atoms with Crippen molar-refractivity contribution in [2.24, 2.45) is 23.3 Å². The van der Waals surface area contributed by atoms with Crippen LogP contribution in [0.1, 0.15) is 51.2 Å². The number of fused-ring (bicyclic) bond motifs is 1. The summed E-state index contributed by atoms with van der Waals surface area (Å²) in [4.78, 5) is 14.8. The number of benzene rings is 1. The lowest BCUT2D eigenvalue weighted by Gasteiger charge is -2.36. The van der Waals surface area contributed by atoms with Crippen molar-refractivity contribution in [2.45, 2.75) is 51.5 Å². The summed E-state index contributed by atoms with van der Waals surface area (Å²) < 4.78 is 5.93. The minimum absolute atomic E-state index is 0.0284. The average Bonchev–Trinajstić information content (AvgIpc) is 3.37. The summed E-state index contributed by atoms with van der Waals surface area (Å²) in [6.45, 7) is 8.90. The number of likely N-dealkylation sites (tertiary alicyclic amines) is 1. The number of hydrogen-bond acceptors (Lipinski definition) is 8. The van der Waals surface area contributed by atoms with E-state index in [9.17, 15) is 15.3 Å². The molecule has 1 aliphatic carbocycles. The number of allylic oxidation sites excluding steroid dienone is 1. The molecule has 0 radical (unpaired) electrons. The van der Waals surface area contributed by atoms with Gasteiger partial charge in [0, 0.05) is 49.6 Å². The molecule has 5 N–H and O–H groups in total. The molecule has 0 aromatic heterocycles. The van der Waals surface area contributed by atoms with Crippen LogP contribution in [0.25, 0.3) is 0 Å². The fraction of sp³-hybridized carbons (Fsp3) is 0.600. The fourth-order valence-electron chi connectivity index (χ4n) is 5.28. The van der Waals surface area contributed by atoms with Crippen LogP contribution in [-0.4, -0.2) is 65.0 Å². The third-order valence-corrected chi connectivity index (χ3v) is 7.32. The zero-order valence-corrected chi connectivity index (χ0v) is 20.3. The Bertz CT molecular complexity index is 997. The van der Waals surface area contributed by atoms with Gasteiger partial charge >= 0.3 is 0 Å². The van der Waals surface area contributed by atoms with Gasteiger partial charge in [-0.15, -0.1) is 5.17 Å². The van der Waals surface area contributed by atoms with E-state index in [4.69, 9.17) is 16.2 Å². The molecule has 0 saturated carbocycles. The summed E-state index contributed by atoms with van der Waals surface area (Å²) >= 11 is 0. The van der Waals surface area contributed by atoms with E-state index in [1.807, 2.05) is 16.0 Å². The number of carbonyl (C=O) groups is 1. The topological polar surface area (TPSA) is 132 Å². The zero-order valence-electron chi connectivity index (χ0n) is 20.3. The number of nitrogens with zero attached hydrogens (tertiary/aromatic N) is 4. The summed E-state index contributed by atoms with van der Waals surface area (Å²) in [7, 11) is 0. The minimum atomic E-state index is -0.208. The molecule has 2 unspecified atom stereocenters. The largest absolute Gasteiger partial charge is 0.483 e. The van der Waals surface area contributed by atoms with Gasteiger partial charge in [0.25, 0.3) is 5.91 Å². The maximum atomic E-state index is 12.9. The highest BCUT2D eigenvalue weighted by molar-refractivity contribution is 5.78. The van der Waals surface area contributed by atoms with Gasteiger partial charge in [-0.25, -0.2) is 5.01 Å².